The van der Waals surface area contributed by atoms with Crippen molar-refractivity contribution in [3.63, 3.8) is 0 Å². The lowest BCUT2D eigenvalue weighted by Gasteiger charge is -2.31. The molecule has 0 spiro atoms. The number of ether oxygens (including phenoxy) is 1. The van der Waals surface area contributed by atoms with E-state index in [-0.39, 0.29) is 18.3 Å². The van der Waals surface area contributed by atoms with Gasteiger partial charge in [-0.05, 0) is 31.9 Å². The van der Waals surface area contributed by atoms with Crippen molar-refractivity contribution in [3.05, 3.63) is 29.8 Å². The van der Waals surface area contributed by atoms with E-state index in [1.165, 1.54) is 0 Å². The lowest BCUT2D eigenvalue weighted by atomic mass is 9.90. The van der Waals surface area contributed by atoms with E-state index < -0.39 is 5.54 Å². The first kappa shape index (κ1) is 15.0. The molecule has 18 heavy (non-hydrogen) atoms. The van der Waals surface area contributed by atoms with E-state index in [2.05, 4.69) is 5.32 Å². The highest BCUT2D eigenvalue weighted by Crippen LogP contribution is 2.20. The number of anilines is 1. The molecule has 0 unspecified atom stereocenters. The van der Waals surface area contributed by atoms with Gasteiger partial charge in [-0.25, -0.2) is 0 Å². The highest BCUT2D eigenvalue weighted by Gasteiger charge is 2.35. The van der Waals surface area contributed by atoms with Crippen LogP contribution in [0.3, 0.4) is 0 Å². The molecule has 0 aliphatic carbocycles. The Kier molecular flexibility index (Phi) is 5.14. The van der Waals surface area contributed by atoms with Gasteiger partial charge in [0.2, 0.25) is 5.91 Å². The number of halogens is 1. The number of carbonyl (C=O) groups excluding carboxylic acids is 1. The molecule has 100 valence electrons. The van der Waals surface area contributed by atoms with Crippen molar-refractivity contribution in [2.75, 3.05) is 18.5 Å². The van der Waals surface area contributed by atoms with Crippen LogP contribution in [0.1, 0.15) is 18.4 Å². The monoisotopic (exact) mass is 270 g/mol. The van der Waals surface area contributed by atoms with Crippen LogP contribution in [0.15, 0.2) is 24.3 Å². The Labute approximate surface area is 113 Å². The fourth-order valence-corrected chi connectivity index (χ4v) is 1.86. The van der Waals surface area contributed by atoms with Crippen molar-refractivity contribution in [2.24, 2.45) is 5.73 Å². The van der Waals surface area contributed by atoms with E-state index in [9.17, 15) is 4.79 Å². The zero-order valence-corrected chi connectivity index (χ0v) is 11.3. The van der Waals surface area contributed by atoms with Crippen molar-refractivity contribution in [3.8, 4) is 0 Å². The van der Waals surface area contributed by atoms with Gasteiger partial charge >= 0.3 is 0 Å². The third kappa shape index (κ3) is 3.45. The quantitative estimate of drug-likeness (QED) is 0.862. The molecule has 1 saturated heterocycles. The van der Waals surface area contributed by atoms with Crippen LogP contribution in [0, 0.1) is 6.92 Å². The molecule has 1 amide bonds. The highest BCUT2D eigenvalue weighted by molar-refractivity contribution is 5.98. The number of rotatable bonds is 2. The first-order chi connectivity index (χ1) is 8.10. The Bertz CT molecular complexity index is 400. The average molecular weight is 271 g/mol. The summed E-state index contributed by atoms with van der Waals surface area (Å²) < 4.78 is 5.22. The minimum absolute atomic E-state index is 0. The van der Waals surface area contributed by atoms with Gasteiger partial charge in [0.15, 0.2) is 0 Å². The Balaban J connectivity index is 0.00000162. The molecule has 1 aromatic rings. The van der Waals surface area contributed by atoms with Crippen LogP contribution >= 0.6 is 12.4 Å². The minimum atomic E-state index is -0.789. The molecule has 1 aliphatic heterocycles. The zero-order chi connectivity index (χ0) is 12.3. The highest BCUT2D eigenvalue weighted by atomic mass is 35.5. The van der Waals surface area contributed by atoms with Crippen molar-refractivity contribution < 1.29 is 9.53 Å². The maximum Gasteiger partial charge on any atom is 0.244 e. The van der Waals surface area contributed by atoms with Crippen LogP contribution in [0.2, 0.25) is 0 Å². The molecule has 2 rings (SSSR count). The summed E-state index contributed by atoms with van der Waals surface area (Å²) in [6.07, 6.45) is 1.15. The van der Waals surface area contributed by atoms with Gasteiger partial charge in [0.05, 0.1) is 0 Å². The van der Waals surface area contributed by atoms with Crippen molar-refractivity contribution >= 4 is 24.0 Å². The van der Waals surface area contributed by atoms with Crippen LogP contribution in [-0.2, 0) is 9.53 Å². The van der Waals surface area contributed by atoms with E-state index in [0.29, 0.717) is 26.1 Å². The second-order valence-electron chi connectivity index (χ2n) is 4.59. The second kappa shape index (κ2) is 6.18. The van der Waals surface area contributed by atoms with E-state index in [1.807, 2.05) is 31.2 Å². The summed E-state index contributed by atoms with van der Waals surface area (Å²) >= 11 is 0. The summed E-state index contributed by atoms with van der Waals surface area (Å²) in [6.45, 7) is 3.12. The Hall–Kier alpha value is -1.10. The third-order valence-electron chi connectivity index (χ3n) is 3.15. The maximum absolute atomic E-state index is 12.1. The number of nitrogens with one attached hydrogen (secondary N) is 1. The number of hydrogen-bond acceptors (Lipinski definition) is 3. The number of benzene rings is 1. The third-order valence-corrected chi connectivity index (χ3v) is 3.15. The zero-order valence-electron chi connectivity index (χ0n) is 10.4. The fraction of sp³-hybridized carbons (Fsp3) is 0.462. The van der Waals surface area contributed by atoms with Gasteiger partial charge < -0.3 is 15.8 Å². The van der Waals surface area contributed by atoms with Crippen LogP contribution in [0.25, 0.3) is 0 Å². The van der Waals surface area contributed by atoms with Crippen molar-refractivity contribution in [1.82, 2.24) is 0 Å². The maximum atomic E-state index is 12.1. The van der Waals surface area contributed by atoms with E-state index >= 15 is 0 Å². The summed E-state index contributed by atoms with van der Waals surface area (Å²) in [4.78, 5) is 12.1. The molecule has 1 aliphatic rings. The van der Waals surface area contributed by atoms with Crippen LogP contribution in [0.5, 0.6) is 0 Å². The molecule has 0 saturated carbocycles. The Morgan fingerprint density at radius 3 is 2.39 bits per heavy atom. The first-order valence-corrected chi connectivity index (χ1v) is 5.85. The minimum Gasteiger partial charge on any atom is -0.381 e. The topological polar surface area (TPSA) is 64.4 Å². The molecule has 0 atom stereocenters. The summed E-state index contributed by atoms with van der Waals surface area (Å²) in [7, 11) is 0. The van der Waals surface area contributed by atoms with Crippen molar-refractivity contribution in [2.45, 2.75) is 25.3 Å². The smallest absolute Gasteiger partial charge is 0.244 e. The Morgan fingerprint density at radius 1 is 1.28 bits per heavy atom. The Morgan fingerprint density at radius 2 is 1.83 bits per heavy atom. The van der Waals surface area contributed by atoms with Gasteiger partial charge in [-0.2, -0.15) is 0 Å². The molecular weight excluding hydrogens is 252 g/mol. The predicted molar refractivity (Wildman–Crippen MR) is 74.0 cm³/mol. The molecular formula is C13H19ClN2O2. The molecule has 5 heteroatoms. The molecule has 0 bridgehead atoms. The molecule has 0 aromatic heterocycles. The van der Waals surface area contributed by atoms with Gasteiger partial charge in [0, 0.05) is 18.9 Å². The lowest BCUT2D eigenvalue weighted by molar-refractivity contribution is -0.124. The molecule has 1 heterocycles. The number of amides is 1. The molecule has 0 radical (unpaired) electrons. The number of hydrogen-bond donors (Lipinski definition) is 2. The van der Waals surface area contributed by atoms with Gasteiger partial charge in [-0.3, -0.25) is 4.79 Å². The number of nitrogens with two attached hydrogens (primary N) is 1. The van der Waals surface area contributed by atoms with Gasteiger partial charge in [-0.1, -0.05) is 17.7 Å². The molecule has 4 nitrogen and oxygen atoms in total. The SMILES string of the molecule is Cc1ccc(NC(=O)C2(N)CCOCC2)cc1.Cl. The molecule has 1 aromatic carbocycles. The van der Waals surface area contributed by atoms with E-state index in [0.717, 1.165) is 11.3 Å². The number of aryl methyl sites for hydroxylation is 1. The summed E-state index contributed by atoms with van der Waals surface area (Å²) in [5, 5.41) is 2.86. The van der Waals surface area contributed by atoms with Crippen molar-refractivity contribution in [1.29, 1.82) is 0 Å². The standard InChI is InChI=1S/C13H18N2O2.ClH/c1-10-2-4-11(5-3-10)15-12(16)13(14)6-8-17-9-7-13;/h2-5H,6-9,14H2,1H3,(H,15,16);1H. The summed E-state index contributed by atoms with van der Waals surface area (Å²) in [5.74, 6) is -0.121. The van der Waals surface area contributed by atoms with Crippen LogP contribution in [-0.4, -0.2) is 24.7 Å². The fourth-order valence-electron chi connectivity index (χ4n) is 1.86. The molecule has 3 N–H and O–H groups in total. The summed E-state index contributed by atoms with van der Waals surface area (Å²) in [6, 6.07) is 7.69. The van der Waals surface area contributed by atoms with E-state index in [4.69, 9.17) is 10.5 Å². The molecule has 1 fully saturated rings. The number of carbonyl (C=O) groups is 1. The largest absolute Gasteiger partial charge is 0.381 e. The van der Waals surface area contributed by atoms with Gasteiger partial charge in [-0.15, -0.1) is 12.4 Å². The van der Waals surface area contributed by atoms with Crippen LogP contribution < -0.4 is 11.1 Å². The van der Waals surface area contributed by atoms with Crippen LogP contribution in [0.4, 0.5) is 5.69 Å². The normalized spacial score (nSPS) is 17.7. The second-order valence-corrected chi connectivity index (χ2v) is 4.59. The lowest BCUT2D eigenvalue weighted by Crippen LogP contribution is -2.54. The summed E-state index contributed by atoms with van der Waals surface area (Å²) in [5.41, 5.74) is 7.25. The van der Waals surface area contributed by atoms with Gasteiger partial charge in [0.1, 0.15) is 5.54 Å². The predicted octanol–water partition coefficient (Wildman–Crippen LogP) is 1.86. The average Bonchev–Trinajstić information content (AvgIpc) is 2.33. The first-order valence-electron chi connectivity index (χ1n) is 5.85. The van der Waals surface area contributed by atoms with E-state index in [1.54, 1.807) is 0 Å². The van der Waals surface area contributed by atoms with Gasteiger partial charge in [0.25, 0.3) is 0 Å².